The van der Waals surface area contributed by atoms with E-state index in [1.807, 2.05) is 18.3 Å². The number of hydrogen-bond acceptors (Lipinski definition) is 1. The molecule has 4 nitrogen and oxygen atoms in total. The summed E-state index contributed by atoms with van der Waals surface area (Å²) in [5.41, 5.74) is 2.39. The molecule has 3 aromatic rings. The van der Waals surface area contributed by atoms with E-state index in [4.69, 9.17) is 23.2 Å². The van der Waals surface area contributed by atoms with Crippen LogP contribution in [0.3, 0.4) is 0 Å². The van der Waals surface area contributed by atoms with Crippen molar-refractivity contribution in [2.24, 2.45) is 0 Å². The summed E-state index contributed by atoms with van der Waals surface area (Å²) in [6.45, 7) is 1.21. The molecule has 0 saturated carbocycles. The van der Waals surface area contributed by atoms with E-state index in [2.05, 4.69) is 9.88 Å². The normalized spacial score (nSPS) is 16.1. The Morgan fingerprint density at radius 3 is 2.56 bits per heavy atom. The predicted molar refractivity (Wildman–Crippen MR) is 105 cm³/mol. The monoisotopic (exact) mass is 403 g/mol. The quantitative estimate of drug-likeness (QED) is 0.596. The van der Waals surface area contributed by atoms with Crippen molar-refractivity contribution >= 4 is 34.9 Å². The molecule has 0 radical (unpaired) electrons. The van der Waals surface area contributed by atoms with Crippen LogP contribution in [0.25, 0.3) is 0 Å². The van der Waals surface area contributed by atoms with Crippen LogP contribution < -0.4 is 5.32 Å². The zero-order valence-electron chi connectivity index (χ0n) is 14.2. The highest BCUT2D eigenvalue weighted by Gasteiger charge is 2.32. The number of carbonyl (C=O) groups is 1. The number of nitrogens with zero attached hydrogens (tertiary/aromatic N) is 2. The van der Waals surface area contributed by atoms with Crippen molar-refractivity contribution in [3.8, 4) is 0 Å². The number of carbonyl (C=O) groups excluding carboxylic acids is 1. The van der Waals surface area contributed by atoms with Gasteiger partial charge in [-0.15, -0.1) is 0 Å². The summed E-state index contributed by atoms with van der Waals surface area (Å²) in [6.07, 6.45) is 1.99. The van der Waals surface area contributed by atoms with Crippen molar-refractivity contribution in [2.75, 3.05) is 11.9 Å². The van der Waals surface area contributed by atoms with Crippen LogP contribution in [0.4, 0.5) is 14.9 Å². The molecule has 1 atom stereocenters. The summed E-state index contributed by atoms with van der Waals surface area (Å²) in [5.74, 6) is -0.309. The SMILES string of the molecule is O=C(Nc1ccc(Cl)c(Cl)c1)N1CCn2cccc2[C@@H]1c1ccc(F)cc1. The van der Waals surface area contributed by atoms with Crippen molar-refractivity contribution in [1.29, 1.82) is 0 Å². The fourth-order valence-corrected chi connectivity index (χ4v) is 3.67. The first-order valence-corrected chi connectivity index (χ1v) is 9.22. The average Bonchev–Trinajstić information content (AvgIpc) is 3.13. The van der Waals surface area contributed by atoms with Gasteiger partial charge in [0, 0.05) is 30.7 Å². The molecule has 2 amide bonds. The number of amides is 2. The van der Waals surface area contributed by atoms with Crippen LogP contribution in [0.1, 0.15) is 17.3 Å². The molecule has 0 bridgehead atoms. The standard InChI is InChI=1S/C20H16Cl2FN3O/c21-16-8-7-15(12-17(16)22)24-20(27)26-11-10-25-9-1-2-18(25)19(26)13-3-5-14(23)6-4-13/h1-9,12,19H,10-11H2,(H,24,27)/t19-/m0/s1. The Labute approximate surface area is 166 Å². The van der Waals surface area contributed by atoms with Crippen LogP contribution in [0, 0.1) is 5.82 Å². The van der Waals surface area contributed by atoms with Gasteiger partial charge in [0.1, 0.15) is 5.82 Å². The maximum Gasteiger partial charge on any atom is 0.322 e. The lowest BCUT2D eigenvalue weighted by molar-refractivity contribution is 0.182. The molecule has 0 saturated heterocycles. The third-order valence-electron chi connectivity index (χ3n) is 4.66. The van der Waals surface area contributed by atoms with Crippen LogP contribution in [-0.2, 0) is 6.54 Å². The van der Waals surface area contributed by atoms with Crippen LogP contribution >= 0.6 is 23.2 Å². The van der Waals surface area contributed by atoms with Gasteiger partial charge in [-0.3, -0.25) is 0 Å². The lowest BCUT2D eigenvalue weighted by Crippen LogP contribution is -2.44. The Morgan fingerprint density at radius 2 is 1.81 bits per heavy atom. The van der Waals surface area contributed by atoms with Gasteiger partial charge in [0.15, 0.2) is 0 Å². The smallest absolute Gasteiger partial charge is 0.322 e. The molecule has 0 spiro atoms. The van der Waals surface area contributed by atoms with Gasteiger partial charge in [0.05, 0.1) is 16.1 Å². The van der Waals surface area contributed by atoms with Gasteiger partial charge >= 0.3 is 6.03 Å². The number of fused-ring (bicyclic) bond motifs is 1. The van der Waals surface area contributed by atoms with Gasteiger partial charge in [-0.05, 0) is 48.0 Å². The molecule has 0 fully saturated rings. The summed E-state index contributed by atoms with van der Waals surface area (Å²) in [4.78, 5) is 14.7. The maximum absolute atomic E-state index is 13.4. The molecular formula is C20H16Cl2FN3O. The van der Waals surface area contributed by atoms with Crippen molar-refractivity contribution in [3.63, 3.8) is 0 Å². The van der Waals surface area contributed by atoms with E-state index in [1.54, 1.807) is 35.2 Å². The largest absolute Gasteiger partial charge is 0.348 e. The highest BCUT2D eigenvalue weighted by Crippen LogP contribution is 2.33. The fraction of sp³-hybridized carbons (Fsp3) is 0.150. The minimum Gasteiger partial charge on any atom is -0.348 e. The lowest BCUT2D eigenvalue weighted by atomic mass is 10.0. The molecule has 27 heavy (non-hydrogen) atoms. The second kappa shape index (κ2) is 7.25. The number of nitrogens with one attached hydrogen (secondary N) is 1. The second-order valence-electron chi connectivity index (χ2n) is 6.33. The fourth-order valence-electron chi connectivity index (χ4n) is 3.37. The summed E-state index contributed by atoms with van der Waals surface area (Å²) in [5, 5.41) is 3.67. The number of urea groups is 1. The van der Waals surface area contributed by atoms with E-state index in [0.29, 0.717) is 28.8 Å². The molecule has 4 rings (SSSR count). The highest BCUT2D eigenvalue weighted by atomic mass is 35.5. The van der Waals surface area contributed by atoms with E-state index in [9.17, 15) is 9.18 Å². The van der Waals surface area contributed by atoms with Gasteiger partial charge in [-0.25, -0.2) is 9.18 Å². The number of halogens is 3. The first-order chi connectivity index (χ1) is 13.0. The molecule has 1 aliphatic heterocycles. The topological polar surface area (TPSA) is 37.3 Å². The van der Waals surface area contributed by atoms with E-state index in [1.165, 1.54) is 12.1 Å². The van der Waals surface area contributed by atoms with Gasteiger partial charge in [-0.1, -0.05) is 35.3 Å². The third-order valence-corrected chi connectivity index (χ3v) is 5.39. The first kappa shape index (κ1) is 17.9. The van der Waals surface area contributed by atoms with Gasteiger partial charge < -0.3 is 14.8 Å². The molecule has 1 N–H and O–H groups in total. The number of rotatable bonds is 2. The Kier molecular flexibility index (Phi) is 4.81. The summed E-state index contributed by atoms with van der Waals surface area (Å²) < 4.78 is 15.5. The summed E-state index contributed by atoms with van der Waals surface area (Å²) in [7, 11) is 0. The Balaban J connectivity index is 1.66. The molecule has 0 unspecified atom stereocenters. The van der Waals surface area contributed by atoms with Crippen molar-refractivity contribution in [3.05, 3.63) is 87.9 Å². The summed E-state index contributed by atoms with van der Waals surface area (Å²) >= 11 is 12.0. The molecule has 1 aliphatic rings. The number of hydrogen-bond donors (Lipinski definition) is 1. The van der Waals surface area contributed by atoms with Crippen LogP contribution in [0.5, 0.6) is 0 Å². The molecule has 0 aliphatic carbocycles. The van der Waals surface area contributed by atoms with Crippen LogP contribution in [0.15, 0.2) is 60.8 Å². The molecule has 138 valence electrons. The number of anilines is 1. The Hall–Kier alpha value is -2.50. The van der Waals surface area contributed by atoms with Gasteiger partial charge in [-0.2, -0.15) is 0 Å². The third kappa shape index (κ3) is 3.53. The van der Waals surface area contributed by atoms with Crippen LogP contribution in [0.2, 0.25) is 10.0 Å². The van der Waals surface area contributed by atoms with E-state index >= 15 is 0 Å². The molecular weight excluding hydrogens is 388 g/mol. The van der Waals surface area contributed by atoms with E-state index in [0.717, 1.165) is 11.3 Å². The lowest BCUT2D eigenvalue weighted by Gasteiger charge is -2.37. The zero-order valence-corrected chi connectivity index (χ0v) is 15.7. The Morgan fingerprint density at radius 1 is 1.04 bits per heavy atom. The molecule has 2 aromatic carbocycles. The van der Waals surface area contributed by atoms with Crippen molar-refractivity contribution < 1.29 is 9.18 Å². The highest BCUT2D eigenvalue weighted by molar-refractivity contribution is 6.42. The minimum atomic E-state index is -0.309. The molecule has 1 aromatic heterocycles. The molecule has 7 heteroatoms. The van der Waals surface area contributed by atoms with Crippen molar-refractivity contribution in [2.45, 2.75) is 12.6 Å². The average molecular weight is 404 g/mol. The maximum atomic E-state index is 13.4. The first-order valence-electron chi connectivity index (χ1n) is 8.46. The van der Waals surface area contributed by atoms with Crippen LogP contribution in [-0.4, -0.2) is 22.0 Å². The van der Waals surface area contributed by atoms with E-state index in [-0.39, 0.29) is 17.9 Å². The predicted octanol–water partition coefficient (Wildman–Crippen LogP) is 5.57. The Bertz CT molecular complexity index is 987. The summed E-state index contributed by atoms with van der Waals surface area (Å²) in [6, 6.07) is 14.6. The van der Waals surface area contributed by atoms with Gasteiger partial charge in [0.2, 0.25) is 0 Å². The van der Waals surface area contributed by atoms with Crippen molar-refractivity contribution in [1.82, 2.24) is 9.47 Å². The van der Waals surface area contributed by atoms with E-state index < -0.39 is 0 Å². The van der Waals surface area contributed by atoms with Gasteiger partial charge in [0.25, 0.3) is 0 Å². The molecule has 2 heterocycles. The number of benzene rings is 2. The number of aromatic nitrogens is 1. The minimum absolute atomic E-state index is 0.254. The second-order valence-corrected chi connectivity index (χ2v) is 7.15. The zero-order chi connectivity index (χ0) is 19.0.